The average molecular weight is 276 g/mol. The Labute approximate surface area is 100 Å². The molecule has 2 rings (SSSR count). The van der Waals surface area contributed by atoms with E-state index >= 15 is 0 Å². The summed E-state index contributed by atoms with van der Waals surface area (Å²) in [6.07, 6.45) is 0.641. The van der Waals surface area contributed by atoms with Crippen LogP contribution in [0, 0.1) is 11.3 Å². The summed E-state index contributed by atoms with van der Waals surface area (Å²) in [7, 11) is 0. The number of halogens is 1. The van der Waals surface area contributed by atoms with Crippen LogP contribution in [0.15, 0.2) is 28.9 Å². The van der Waals surface area contributed by atoms with Crippen molar-refractivity contribution in [1.29, 1.82) is 5.26 Å². The molecule has 0 aliphatic rings. The molecule has 0 aliphatic carbocycles. The van der Waals surface area contributed by atoms with Crippen molar-refractivity contribution in [3.63, 3.8) is 0 Å². The molecule has 0 amide bonds. The minimum absolute atomic E-state index is 0.254. The molecule has 4 nitrogen and oxygen atoms in total. The number of nitrogens with one attached hydrogen (secondary N) is 1. The van der Waals surface area contributed by atoms with E-state index in [2.05, 4.69) is 32.0 Å². The van der Waals surface area contributed by atoms with Crippen LogP contribution in [-0.4, -0.2) is 16.3 Å². The molecule has 78 valence electrons. The number of aromatic nitrogens is 2. The van der Waals surface area contributed by atoms with Crippen LogP contribution in [0.25, 0.3) is 11.3 Å². The zero-order chi connectivity index (χ0) is 11.5. The fourth-order valence-corrected chi connectivity index (χ4v) is 1.87. The maximum atomic E-state index is 10.6. The van der Waals surface area contributed by atoms with Crippen LogP contribution in [0.5, 0.6) is 0 Å². The minimum atomic E-state index is 0.254. The van der Waals surface area contributed by atoms with Crippen LogP contribution in [0.2, 0.25) is 0 Å². The van der Waals surface area contributed by atoms with Crippen molar-refractivity contribution in [2.45, 2.75) is 0 Å². The zero-order valence-electron chi connectivity index (χ0n) is 8.07. The molecule has 0 bridgehead atoms. The van der Waals surface area contributed by atoms with Crippen molar-refractivity contribution in [3.05, 3.63) is 40.3 Å². The number of nitriles is 1. The second-order valence-electron chi connectivity index (χ2n) is 3.10. The SMILES string of the molecule is N#Cc1cccc(-c2nc(C=O)[nH]c2Br)c1. The third kappa shape index (κ3) is 1.88. The number of rotatable bonds is 2. The summed E-state index contributed by atoms with van der Waals surface area (Å²) in [6, 6.07) is 9.09. The zero-order valence-corrected chi connectivity index (χ0v) is 9.65. The van der Waals surface area contributed by atoms with Crippen molar-refractivity contribution < 1.29 is 4.79 Å². The van der Waals surface area contributed by atoms with E-state index in [0.717, 1.165) is 5.56 Å². The number of hydrogen-bond donors (Lipinski definition) is 1. The number of hydrogen-bond acceptors (Lipinski definition) is 3. The van der Waals surface area contributed by atoms with Crippen LogP contribution >= 0.6 is 15.9 Å². The number of nitrogens with zero attached hydrogens (tertiary/aromatic N) is 2. The van der Waals surface area contributed by atoms with E-state index in [0.29, 0.717) is 22.1 Å². The largest absolute Gasteiger partial charge is 0.330 e. The second kappa shape index (κ2) is 4.29. The van der Waals surface area contributed by atoms with Gasteiger partial charge in [0.1, 0.15) is 10.3 Å². The van der Waals surface area contributed by atoms with Crippen molar-refractivity contribution in [1.82, 2.24) is 9.97 Å². The van der Waals surface area contributed by atoms with E-state index in [-0.39, 0.29) is 5.82 Å². The van der Waals surface area contributed by atoms with Crippen molar-refractivity contribution >= 4 is 22.2 Å². The lowest BCUT2D eigenvalue weighted by molar-refractivity contribution is 0.111. The van der Waals surface area contributed by atoms with Gasteiger partial charge in [0.15, 0.2) is 12.1 Å². The van der Waals surface area contributed by atoms with Crippen molar-refractivity contribution in [2.75, 3.05) is 0 Å². The lowest BCUT2D eigenvalue weighted by Crippen LogP contribution is -1.83. The summed E-state index contributed by atoms with van der Waals surface area (Å²) < 4.78 is 0.629. The van der Waals surface area contributed by atoms with Gasteiger partial charge in [0.25, 0.3) is 0 Å². The van der Waals surface area contributed by atoms with Gasteiger partial charge in [0.2, 0.25) is 0 Å². The second-order valence-corrected chi connectivity index (χ2v) is 3.89. The maximum absolute atomic E-state index is 10.6. The molecular weight excluding hydrogens is 270 g/mol. The third-order valence-electron chi connectivity index (χ3n) is 2.05. The summed E-state index contributed by atoms with van der Waals surface area (Å²) in [4.78, 5) is 17.4. The number of carbonyl (C=O) groups is 1. The standard InChI is InChI=1S/C11H6BrN3O/c12-11-10(14-9(6-16)15-11)8-3-1-2-7(4-8)5-13/h1-4,6H,(H,14,15). The lowest BCUT2D eigenvalue weighted by Gasteiger charge is -1.97. The number of H-pyrrole nitrogens is 1. The minimum Gasteiger partial charge on any atom is -0.330 e. The fourth-order valence-electron chi connectivity index (χ4n) is 1.35. The van der Waals surface area contributed by atoms with Crippen LogP contribution in [-0.2, 0) is 0 Å². The van der Waals surface area contributed by atoms with Crippen LogP contribution in [0.3, 0.4) is 0 Å². The smallest absolute Gasteiger partial charge is 0.185 e. The first kappa shape index (κ1) is 10.6. The highest BCUT2D eigenvalue weighted by Gasteiger charge is 2.09. The Hall–Kier alpha value is -1.93. The van der Waals surface area contributed by atoms with Gasteiger partial charge in [-0.25, -0.2) is 4.98 Å². The molecule has 0 atom stereocenters. The topological polar surface area (TPSA) is 69.5 Å². The van der Waals surface area contributed by atoms with E-state index in [9.17, 15) is 4.79 Å². The normalized spacial score (nSPS) is 9.75. The predicted molar refractivity (Wildman–Crippen MR) is 61.8 cm³/mol. The highest BCUT2D eigenvalue weighted by atomic mass is 79.9. The molecule has 0 saturated carbocycles. The molecule has 1 N–H and O–H groups in total. The van der Waals surface area contributed by atoms with Gasteiger partial charge < -0.3 is 4.98 Å². The average Bonchev–Trinajstić information content (AvgIpc) is 2.71. The summed E-state index contributed by atoms with van der Waals surface area (Å²) >= 11 is 3.28. The Kier molecular flexibility index (Phi) is 2.84. The van der Waals surface area contributed by atoms with Gasteiger partial charge in [-0.15, -0.1) is 0 Å². The van der Waals surface area contributed by atoms with E-state index in [4.69, 9.17) is 5.26 Å². The molecule has 2 aromatic rings. The molecule has 5 heteroatoms. The van der Waals surface area contributed by atoms with Gasteiger partial charge in [0, 0.05) is 5.56 Å². The van der Waals surface area contributed by atoms with Crippen LogP contribution in [0.1, 0.15) is 16.2 Å². The summed E-state index contributed by atoms with van der Waals surface area (Å²) in [6.45, 7) is 0. The Morgan fingerprint density at radius 3 is 2.94 bits per heavy atom. The fraction of sp³-hybridized carbons (Fsp3) is 0. The van der Waals surface area contributed by atoms with E-state index in [1.54, 1.807) is 18.2 Å². The molecule has 0 saturated heterocycles. The molecule has 0 aliphatic heterocycles. The van der Waals surface area contributed by atoms with Gasteiger partial charge in [-0.05, 0) is 28.1 Å². The Bertz CT molecular complexity index is 583. The van der Waals surface area contributed by atoms with Crippen molar-refractivity contribution in [3.8, 4) is 17.3 Å². The molecular formula is C11H6BrN3O. The quantitative estimate of drug-likeness (QED) is 0.857. The first-order chi connectivity index (χ1) is 7.74. The summed E-state index contributed by atoms with van der Waals surface area (Å²) in [5.74, 6) is 0.254. The molecule has 1 heterocycles. The number of benzene rings is 1. The number of carbonyl (C=O) groups excluding carboxylic acids is 1. The number of aromatic amines is 1. The molecule has 16 heavy (non-hydrogen) atoms. The Balaban J connectivity index is 2.54. The van der Waals surface area contributed by atoms with E-state index in [1.165, 1.54) is 0 Å². The lowest BCUT2D eigenvalue weighted by atomic mass is 10.1. The third-order valence-corrected chi connectivity index (χ3v) is 2.63. The first-order valence-electron chi connectivity index (χ1n) is 4.46. The number of imidazole rings is 1. The van der Waals surface area contributed by atoms with Gasteiger partial charge >= 0.3 is 0 Å². The molecule has 0 fully saturated rings. The summed E-state index contributed by atoms with van der Waals surface area (Å²) in [5.41, 5.74) is 1.97. The molecule has 0 unspecified atom stereocenters. The van der Waals surface area contributed by atoms with Gasteiger partial charge in [0.05, 0.1) is 11.6 Å². The van der Waals surface area contributed by atoms with E-state index in [1.807, 2.05) is 6.07 Å². The number of aldehydes is 1. The van der Waals surface area contributed by atoms with E-state index < -0.39 is 0 Å². The molecule has 0 radical (unpaired) electrons. The maximum Gasteiger partial charge on any atom is 0.185 e. The van der Waals surface area contributed by atoms with Crippen LogP contribution in [0.4, 0.5) is 0 Å². The molecule has 0 spiro atoms. The van der Waals surface area contributed by atoms with Gasteiger partial charge in [-0.2, -0.15) is 5.26 Å². The van der Waals surface area contributed by atoms with Crippen molar-refractivity contribution in [2.24, 2.45) is 0 Å². The van der Waals surface area contributed by atoms with Gasteiger partial charge in [-0.1, -0.05) is 12.1 Å². The molecule has 1 aromatic carbocycles. The Morgan fingerprint density at radius 1 is 1.50 bits per heavy atom. The monoisotopic (exact) mass is 275 g/mol. The van der Waals surface area contributed by atoms with Crippen LogP contribution < -0.4 is 0 Å². The Morgan fingerprint density at radius 2 is 2.31 bits per heavy atom. The first-order valence-corrected chi connectivity index (χ1v) is 5.25. The predicted octanol–water partition coefficient (Wildman–Crippen LogP) is 2.52. The van der Waals surface area contributed by atoms with Gasteiger partial charge in [-0.3, -0.25) is 4.79 Å². The highest BCUT2D eigenvalue weighted by molar-refractivity contribution is 9.10. The highest BCUT2D eigenvalue weighted by Crippen LogP contribution is 2.26. The molecule has 1 aromatic heterocycles. The summed E-state index contributed by atoms with van der Waals surface area (Å²) in [5, 5.41) is 8.78.